The van der Waals surface area contributed by atoms with E-state index in [0.717, 1.165) is 45.6 Å². The lowest BCUT2D eigenvalue weighted by Crippen LogP contribution is -2.52. The van der Waals surface area contributed by atoms with Crippen LogP contribution >= 0.6 is 0 Å². The lowest BCUT2D eigenvalue weighted by atomic mass is 10.1. The van der Waals surface area contributed by atoms with Gasteiger partial charge in [-0.15, -0.1) is 0 Å². The molecule has 2 heterocycles. The van der Waals surface area contributed by atoms with E-state index in [0.29, 0.717) is 32.3 Å². The third kappa shape index (κ3) is 5.35. The highest BCUT2D eigenvalue weighted by atomic mass is 16.6. The van der Waals surface area contributed by atoms with Gasteiger partial charge in [0.15, 0.2) is 0 Å². The van der Waals surface area contributed by atoms with Gasteiger partial charge in [0.2, 0.25) is 5.91 Å². The van der Waals surface area contributed by atoms with Crippen molar-refractivity contribution >= 4 is 12.0 Å². The number of hydrogen-bond acceptors (Lipinski definition) is 5. The highest BCUT2D eigenvalue weighted by Crippen LogP contribution is 2.11. The molecule has 0 bridgehead atoms. The number of likely N-dealkylation sites (N-methyl/N-ethyl adjacent to an activating group) is 1. The molecular formula is C16H30N4O3. The van der Waals surface area contributed by atoms with Crippen molar-refractivity contribution in [1.82, 2.24) is 20.0 Å². The maximum atomic E-state index is 12.3. The van der Waals surface area contributed by atoms with Crippen LogP contribution in [0.5, 0.6) is 0 Å². The summed E-state index contributed by atoms with van der Waals surface area (Å²) in [6.07, 6.45) is 1.52. The van der Waals surface area contributed by atoms with Crippen molar-refractivity contribution in [2.75, 3.05) is 59.0 Å². The third-order valence-electron chi connectivity index (χ3n) is 4.74. The minimum Gasteiger partial charge on any atom is -0.450 e. The number of nitrogens with one attached hydrogen (secondary N) is 1. The zero-order chi connectivity index (χ0) is 16.7. The van der Waals surface area contributed by atoms with Crippen LogP contribution in [0.2, 0.25) is 0 Å². The fraction of sp³-hybridized carbons (Fsp3) is 0.875. The van der Waals surface area contributed by atoms with Crippen molar-refractivity contribution in [2.24, 2.45) is 0 Å². The first-order valence-corrected chi connectivity index (χ1v) is 8.79. The van der Waals surface area contributed by atoms with Crippen LogP contribution < -0.4 is 5.32 Å². The number of carbonyl (C=O) groups excluding carboxylic acids is 2. The molecule has 2 rings (SSSR count). The van der Waals surface area contributed by atoms with Crippen molar-refractivity contribution in [3.63, 3.8) is 0 Å². The maximum absolute atomic E-state index is 12.3. The number of ether oxygens (including phenoxy) is 1. The Kier molecular flexibility index (Phi) is 7.11. The van der Waals surface area contributed by atoms with Crippen molar-refractivity contribution in [3.8, 4) is 0 Å². The van der Waals surface area contributed by atoms with E-state index in [1.165, 1.54) is 0 Å². The van der Waals surface area contributed by atoms with Crippen LogP contribution in [-0.4, -0.2) is 91.7 Å². The fourth-order valence-electron chi connectivity index (χ4n) is 3.14. The topological polar surface area (TPSA) is 65.1 Å². The number of piperazine rings is 1. The summed E-state index contributed by atoms with van der Waals surface area (Å²) in [4.78, 5) is 30.0. The van der Waals surface area contributed by atoms with E-state index in [1.807, 2.05) is 11.8 Å². The second-order valence-corrected chi connectivity index (χ2v) is 6.16. The van der Waals surface area contributed by atoms with Gasteiger partial charge in [-0.2, -0.15) is 0 Å². The number of likely N-dealkylation sites (tertiary alicyclic amines) is 1. The predicted octanol–water partition coefficient (Wildman–Crippen LogP) is 0.361. The van der Waals surface area contributed by atoms with Gasteiger partial charge in [-0.05, 0) is 26.3 Å². The molecule has 7 heteroatoms. The molecule has 0 unspecified atom stereocenters. The van der Waals surface area contributed by atoms with Crippen molar-refractivity contribution < 1.29 is 14.3 Å². The Morgan fingerprint density at radius 2 is 1.65 bits per heavy atom. The molecule has 2 aliphatic heterocycles. The smallest absolute Gasteiger partial charge is 0.409 e. The molecule has 0 aliphatic carbocycles. The van der Waals surface area contributed by atoms with E-state index in [2.05, 4.69) is 17.1 Å². The van der Waals surface area contributed by atoms with Crippen LogP contribution in [0, 0.1) is 0 Å². The van der Waals surface area contributed by atoms with Gasteiger partial charge in [0, 0.05) is 45.3 Å². The van der Waals surface area contributed by atoms with Crippen LogP contribution in [0.4, 0.5) is 4.79 Å². The molecule has 0 aromatic carbocycles. The summed E-state index contributed by atoms with van der Waals surface area (Å²) in [6.45, 7) is 10.8. The Bertz CT molecular complexity index is 389. The molecule has 2 aliphatic rings. The lowest BCUT2D eigenvalue weighted by molar-refractivity contribution is -0.132. The molecule has 2 amide bonds. The Balaban J connectivity index is 1.63. The van der Waals surface area contributed by atoms with Gasteiger partial charge in [-0.3, -0.25) is 4.79 Å². The van der Waals surface area contributed by atoms with E-state index < -0.39 is 0 Å². The highest BCUT2D eigenvalue weighted by Gasteiger charge is 2.25. The summed E-state index contributed by atoms with van der Waals surface area (Å²) in [7, 11) is 0. The SMILES string of the molecule is CCOC(=O)N1CCC(NCC(=O)N2CCN(CC)CC2)CC1. The van der Waals surface area contributed by atoms with Crippen LogP contribution in [0.3, 0.4) is 0 Å². The summed E-state index contributed by atoms with van der Waals surface area (Å²) in [5.41, 5.74) is 0. The molecule has 0 aromatic heterocycles. The largest absolute Gasteiger partial charge is 0.450 e. The first-order valence-electron chi connectivity index (χ1n) is 8.79. The second kappa shape index (κ2) is 9.08. The fourth-order valence-corrected chi connectivity index (χ4v) is 3.14. The average molecular weight is 326 g/mol. The number of nitrogens with zero attached hydrogens (tertiary/aromatic N) is 3. The van der Waals surface area contributed by atoms with Crippen molar-refractivity contribution in [3.05, 3.63) is 0 Å². The summed E-state index contributed by atoms with van der Waals surface area (Å²) >= 11 is 0. The van der Waals surface area contributed by atoms with E-state index in [9.17, 15) is 9.59 Å². The molecule has 132 valence electrons. The molecule has 0 saturated carbocycles. The van der Waals surface area contributed by atoms with Crippen LogP contribution in [0.15, 0.2) is 0 Å². The van der Waals surface area contributed by atoms with E-state index >= 15 is 0 Å². The number of rotatable bonds is 5. The van der Waals surface area contributed by atoms with E-state index in [-0.39, 0.29) is 12.0 Å². The molecule has 2 saturated heterocycles. The lowest BCUT2D eigenvalue weighted by Gasteiger charge is -2.35. The molecule has 0 atom stereocenters. The summed E-state index contributed by atoms with van der Waals surface area (Å²) in [6, 6.07) is 0.307. The normalized spacial score (nSPS) is 20.6. The van der Waals surface area contributed by atoms with Gasteiger partial charge in [-0.25, -0.2) is 4.79 Å². The Labute approximate surface area is 138 Å². The molecular weight excluding hydrogens is 296 g/mol. The minimum atomic E-state index is -0.226. The number of carbonyl (C=O) groups is 2. The Morgan fingerprint density at radius 1 is 1.00 bits per heavy atom. The number of hydrogen-bond donors (Lipinski definition) is 1. The van der Waals surface area contributed by atoms with Crippen LogP contribution in [-0.2, 0) is 9.53 Å². The molecule has 0 spiro atoms. The predicted molar refractivity (Wildman–Crippen MR) is 88.3 cm³/mol. The van der Waals surface area contributed by atoms with Gasteiger partial charge >= 0.3 is 6.09 Å². The van der Waals surface area contributed by atoms with Crippen LogP contribution in [0.25, 0.3) is 0 Å². The molecule has 23 heavy (non-hydrogen) atoms. The third-order valence-corrected chi connectivity index (χ3v) is 4.74. The molecule has 0 aromatic rings. The van der Waals surface area contributed by atoms with Crippen LogP contribution in [0.1, 0.15) is 26.7 Å². The first kappa shape index (κ1) is 18.0. The van der Waals surface area contributed by atoms with E-state index in [4.69, 9.17) is 4.74 Å². The second-order valence-electron chi connectivity index (χ2n) is 6.16. The van der Waals surface area contributed by atoms with Gasteiger partial charge in [0.05, 0.1) is 13.2 Å². The zero-order valence-electron chi connectivity index (χ0n) is 14.4. The Hall–Kier alpha value is -1.34. The quantitative estimate of drug-likeness (QED) is 0.790. The summed E-state index contributed by atoms with van der Waals surface area (Å²) in [5.74, 6) is 0.188. The van der Waals surface area contributed by atoms with Gasteiger partial charge in [0.25, 0.3) is 0 Å². The van der Waals surface area contributed by atoms with E-state index in [1.54, 1.807) is 4.90 Å². The maximum Gasteiger partial charge on any atom is 0.409 e. The van der Waals surface area contributed by atoms with Gasteiger partial charge in [-0.1, -0.05) is 6.92 Å². The minimum absolute atomic E-state index is 0.188. The summed E-state index contributed by atoms with van der Waals surface area (Å²) in [5, 5.41) is 3.35. The molecule has 7 nitrogen and oxygen atoms in total. The first-order chi connectivity index (χ1) is 11.1. The Morgan fingerprint density at radius 3 is 2.22 bits per heavy atom. The van der Waals surface area contributed by atoms with Crippen molar-refractivity contribution in [2.45, 2.75) is 32.7 Å². The van der Waals surface area contributed by atoms with Gasteiger partial charge < -0.3 is 24.8 Å². The summed E-state index contributed by atoms with van der Waals surface area (Å²) < 4.78 is 5.01. The standard InChI is InChI=1S/C16H30N4O3/c1-3-18-9-11-19(12-10-18)15(21)13-17-14-5-7-20(8-6-14)16(22)23-4-2/h14,17H,3-13H2,1-2H3. The zero-order valence-corrected chi connectivity index (χ0v) is 14.4. The molecule has 1 N–H and O–H groups in total. The van der Waals surface area contributed by atoms with Crippen molar-refractivity contribution in [1.29, 1.82) is 0 Å². The monoisotopic (exact) mass is 326 g/mol. The number of amides is 2. The highest BCUT2D eigenvalue weighted by molar-refractivity contribution is 5.78. The average Bonchev–Trinajstić information content (AvgIpc) is 2.60. The number of piperidine rings is 1. The van der Waals surface area contributed by atoms with Gasteiger partial charge in [0.1, 0.15) is 0 Å². The molecule has 0 radical (unpaired) electrons. The molecule has 2 fully saturated rings.